The predicted molar refractivity (Wildman–Crippen MR) is 67.2 cm³/mol. The highest BCUT2D eigenvalue weighted by molar-refractivity contribution is 5.81. The highest BCUT2D eigenvalue weighted by atomic mass is 16.5. The van der Waals surface area contributed by atoms with Crippen LogP contribution in [-0.4, -0.2) is 28.7 Å². The average Bonchev–Trinajstić information content (AvgIpc) is 2.74. The molecule has 0 aliphatic carbocycles. The number of aryl methyl sites for hydroxylation is 1. The van der Waals surface area contributed by atoms with Crippen molar-refractivity contribution in [2.24, 2.45) is 7.05 Å². The molecule has 0 saturated carbocycles. The number of ether oxygens (including phenoxy) is 1. The number of hydrogen-bond donors (Lipinski definition) is 1. The van der Waals surface area contributed by atoms with Crippen molar-refractivity contribution in [2.45, 2.75) is 18.9 Å². The third-order valence-corrected chi connectivity index (χ3v) is 3.25. The molecule has 0 spiro atoms. The first-order valence-electron chi connectivity index (χ1n) is 6.12. The van der Waals surface area contributed by atoms with Gasteiger partial charge in [0.25, 0.3) is 0 Å². The first kappa shape index (κ1) is 10.6. The largest absolute Gasteiger partial charge is 0.487 e. The van der Waals surface area contributed by atoms with E-state index >= 15 is 0 Å². The number of rotatable bonds is 2. The van der Waals surface area contributed by atoms with Gasteiger partial charge in [0, 0.05) is 13.6 Å². The first-order chi connectivity index (χ1) is 8.34. The summed E-state index contributed by atoms with van der Waals surface area (Å²) in [5, 5.41) is 3.36. The van der Waals surface area contributed by atoms with Crippen molar-refractivity contribution in [3.8, 4) is 5.75 Å². The maximum atomic E-state index is 6.08. The maximum absolute atomic E-state index is 6.08. The lowest BCUT2D eigenvalue weighted by Gasteiger charge is -2.24. The molecule has 1 fully saturated rings. The summed E-state index contributed by atoms with van der Waals surface area (Å²) in [6, 6.07) is 6.04. The highest BCUT2D eigenvalue weighted by Gasteiger charge is 2.16. The molecule has 0 amide bonds. The van der Waals surface area contributed by atoms with E-state index in [-0.39, 0.29) is 6.10 Å². The minimum atomic E-state index is 0.282. The van der Waals surface area contributed by atoms with Crippen molar-refractivity contribution in [1.82, 2.24) is 14.9 Å². The van der Waals surface area contributed by atoms with Crippen LogP contribution >= 0.6 is 0 Å². The molecule has 4 nitrogen and oxygen atoms in total. The predicted octanol–water partition coefficient (Wildman–Crippen LogP) is 1.70. The Bertz CT molecular complexity index is 514. The Kier molecular flexibility index (Phi) is 2.73. The van der Waals surface area contributed by atoms with Gasteiger partial charge in [-0.3, -0.25) is 0 Å². The first-order valence-corrected chi connectivity index (χ1v) is 6.12. The lowest BCUT2D eigenvalue weighted by molar-refractivity contribution is 0.169. The summed E-state index contributed by atoms with van der Waals surface area (Å²) >= 11 is 0. The Hall–Kier alpha value is -1.55. The molecule has 1 saturated heterocycles. The van der Waals surface area contributed by atoms with Crippen molar-refractivity contribution in [1.29, 1.82) is 0 Å². The Morgan fingerprint density at radius 1 is 1.47 bits per heavy atom. The van der Waals surface area contributed by atoms with E-state index in [1.807, 2.05) is 36.1 Å². The molecule has 2 aromatic rings. The van der Waals surface area contributed by atoms with E-state index in [0.29, 0.717) is 0 Å². The molecule has 1 atom stereocenters. The van der Waals surface area contributed by atoms with E-state index in [0.717, 1.165) is 36.3 Å². The second kappa shape index (κ2) is 4.37. The maximum Gasteiger partial charge on any atom is 0.145 e. The van der Waals surface area contributed by atoms with E-state index < -0.39 is 0 Å². The molecule has 0 radical (unpaired) electrons. The fraction of sp³-hybridized carbons (Fsp3) is 0.462. The fourth-order valence-corrected chi connectivity index (χ4v) is 2.37. The summed E-state index contributed by atoms with van der Waals surface area (Å²) in [7, 11) is 2.00. The number of piperidine rings is 1. The van der Waals surface area contributed by atoms with E-state index in [2.05, 4.69) is 10.3 Å². The summed E-state index contributed by atoms with van der Waals surface area (Å²) in [6.45, 7) is 2.05. The van der Waals surface area contributed by atoms with Gasteiger partial charge in [-0.1, -0.05) is 6.07 Å². The molecule has 3 rings (SSSR count). The van der Waals surface area contributed by atoms with E-state index in [9.17, 15) is 0 Å². The van der Waals surface area contributed by atoms with Gasteiger partial charge in [-0.2, -0.15) is 0 Å². The molecule has 1 N–H and O–H groups in total. The van der Waals surface area contributed by atoms with E-state index in [1.165, 1.54) is 6.42 Å². The lowest BCUT2D eigenvalue weighted by Crippen LogP contribution is -2.37. The van der Waals surface area contributed by atoms with Crippen LogP contribution in [0.4, 0.5) is 0 Å². The van der Waals surface area contributed by atoms with Gasteiger partial charge < -0.3 is 14.6 Å². The summed E-state index contributed by atoms with van der Waals surface area (Å²) in [5.74, 6) is 0.941. The number of nitrogens with one attached hydrogen (secondary N) is 1. The Morgan fingerprint density at radius 3 is 3.24 bits per heavy atom. The van der Waals surface area contributed by atoms with Gasteiger partial charge in [0.1, 0.15) is 17.4 Å². The van der Waals surface area contributed by atoms with Crippen molar-refractivity contribution in [2.75, 3.05) is 13.1 Å². The van der Waals surface area contributed by atoms with E-state index in [1.54, 1.807) is 0 Å². The summed E-state index contributed by atoms with van der Waals surface area (Å²) in [4.78, 5) is 4.34. The van der Waals surface area contributed by atoms with Gasteiger partial charge in [-0.25, -0.2) is 4.98 Å². The average molecular weight is 231 g/mol. The SMILES string of the molecule is Cn1cnc2cccc(OC3CCCNC3)c21. The Labute approximate surface area is 101 Å². The number of para-hydroxylation sites is 1. The molecule has 1 aliphatic rings. The zero-order valence-electron chi connectivity index (χ0n) is 10.0. The molecule has 1 unspecified atom stereocenters. The zero-order valence-corrected chi connectivity index (χ0v) is 10.0. The number of fused-ring (bicyclic) bond motifs is 1. The molecule has 90 valence electrons. The van der Waals surface area contributed by atoms with Crippen LogP contribution in [-0.2, 0) is 7.05 Å². The molecule has 1 aromatic carbocycles. The third kappa shape index (κ3) is 2.00. The van der Waals surface area contributed by atoms with E-state index in [4.69, 9.17) is 4.74 Å². The molecule has 1 aromatic heterocycles. The van der Waals surface area contributed by atoms with Crippen molar-refractivity contribution < 1.29 is 4.74 Å². The topological polar surface area (TPSA) is 39.1 Å². The second-order valence-corrected chi connectivity index (χ2v) is 4.57. The number of benzene rings is 1. The van der Waals surface area contributed by atoms with Crippen LogP contribution < -0.4 is 10.1 Å². The number of hydrogen-bond acceptors (Lipinski definition) is 3. The quantitative estimate of drug-likeness (QED) is 0.855. The summed E-state index contributed by atoms with van der Waals surface area (Å²) < 4.78 is 8.10. The minimum Gasteiger partial charge on any atom is -0.487 e. The van der Waals surface area contributed by atoms with Crippen molar-refractivity contribution in [3.05, 3.63) is 24.5 Å². The monoisotopic (exact) mass is 231 g/mol. The Morgan fingerprint density at radius 2 is 2.41 bits per heavy atom. The molecule has 4 heteroatoms. The van der Waals surface area contributed by atoms with Crippen LogP contribution in [0.3, 0.4) is 0 Å². The normalized spacial score (nSPS) is 20.6. The van der Waals surface area contributed by atoms with Gasteiger partial charge in [-0.05, 0) is 31.5 Å². The van der Waals surface area contributed by atoms with Gasteiger partial charge >= 0.3 is 0 Å². The summed E-state index contributed by atoms with van der Waals surface area (Å²) in [6.07, 6.45) is 4.42. The highest BCUT2D eigenvalue weighted by Crippen LogP contribution is 2.26. The number of aromatic nitrogens is 2. The second-order valence-electron chi connectivity index (χ2n) is 4.57. The molecule has 1 aliphatic heterocycles. The lowest BCUT2D eigenvalue weighted by atomic mass is 10.1. The molecular formula is C13H17N3O. The molecular weight excluding hydrogens is 214 g/mol. The van der Waals surface area contributed by atoms with Crippen LogP contribution in [0.15, 0.2) is 24.5 Å². The van der Waals surface area contributed by atoms with Gasteiger partial charge in [0.2, 0.25) is 0 Å². The minimum absolute atomic E-state index is 0.282. The number of nitrogens with zero attached hydrogens (tertiary/aromatic N) is 2. The zero-order chi connectivity index (χ0) is 11.7. The van der Waals surface area contributed by atoms with Gasteiger partial charge in [0.05, 0.1) is 11.8 Å². The third-order valence-electron chi connectivity index (χ3n) is 3.25. The van der Waals surface area contributed by atoms with Crippen LogP contribution in [0.25, 0.3) is 11.0 Å². The fourth-order valence-electron chi connectivity index (χ4n) is 2.37. The van der Waals surface area contributed by atoms with Gasteiger partial charge in [0.15, 0.2) is 0 Å². The van der Waals surface area contributed by atoms with Crippen molar-refractivity contribution >= 4 is 11.0 Å². The van der Waals surface area contributed by atoms with Crippen LogP contribution in [0.5, 0.6) is 5.75 Å². The van der Waals surface area contributed by atoms with Crippen LogP contribution in [0, 0.1) is 0 Å². The Balaban J connectivity index is 1.91. The standard InChI is InChI=1S/C13H17N3O/c1-16-9-15-11-5-2-6-12(13(11)16)17-10-4-3-7-14-8-10/h2,5-6,9-10,14H,3-4,7-8H2,1H3. The van der Waals surface area contributed by atoms with Crippen LogP contribution in [0.1, 0.15) is 12.8 Å². The van der Waals surface area contributed by atoms with Gasteiger partial charge in [-0.15, -0.1) is 0 Å². The number of imidazole rings is 1. The molecule has 0 bridgehead atoms. The smallest absolute Gasteiger partial charge is 0.145 e. The summed E-state index contributed by atoms with van der Waals surface area (Å²) in [5.41, 5.74) is 2.08. The van der Waals surface area contributed by atoms with Crippen LogP contribution in [0.2, 0.25) is 0 Å². The van der Waals surface area contributed by atoms with Crippen molar-refractivity contribution in [3.63, 3.8) is 0 Å². The molecule has 17 heavy (non-hydrogen) atoms. The molecule has 2 heterocycles.